The Balaban J connectivity index is 1.67. The van der Waals surface area contributed by atoms with Crippen molar-refractivity contribution < 1.29 is 27.5 Å². The van der Waals surface area contributed by atoms with Gasteiger partial charge in [0.05, 0.1) is 10.6 Å². The summed E-state index contributed by atoms with van der Waals surface area (Å²) in [6, 6.07) is 11.3. The quantitative estimate of drug-likeness (QED) is 0.250. The molecule has 1 aliphatic heterocycles. The first-order chi connectivity index (χ1) is 18.2. The normalized spacial score (nSPS) is 13.1. The summed E-state index contributed by atoms with van der Waals surface area (Å²) in [7, 11) is -4.30. The van der Waals surface area contributed by atoms with Gasteiger partial charge in [0.2, 0.25) is 6.20 Å². The van der Waals surface area contributed by atoms with Crippen molar-refractivity contribution in [2.45, 2.75) is 37.7 Å². The minimum atomic E-state index is -4.30. The first-order valence-corrected chi connectivity index (χ1v) is 14.0. The number of halogens is 2. The highest BCUT2D eigenvalue weighted by Gasteiger charge is 2.32. The summed E-state index contributed by atoms with van der Waals surface area (Å²) in [4.78, 5) is 27.0. The predicted octanol–water partition coefficient (Wildman–Crippen LogP) is 4.76. The van der Waals surface area contributed by atoms with E-state index in [2.05, 4.69) is 5.32 Å². The first kappa shape index (κ1) is 28.5. The van der Waals surface area contributed by atoms with E-state index in [1.165, 1.54) is 47.6 Å². The molecule has 2 amide bonds. The average molecular weight is 593 g/mol. The Bertz CT molecular complexity index is 1520. The molecule has 2 aromatic carbocycles. The lowest BCUT2D eigenvalue weighted by atomic mass is 10.1. The largest absolute Gasteiger partial charge is 0.619 e. The van der Waals surface area contributed by atoms with E-state index in [1.54, 1.807) is 39.0 Å². The van der Waals surface area contributed by atoms with E-state index in [-0.39, 0.29) is 20.6 Å². The minimum absolute atomic E-state index is 0.120. The van der Waals surface area contributed by atoms with Gasteiger partial charge in [0.15, 0.2) is 6.20 Å². The van der Waals surface area contributed by atoms with Crippen molar-refractivity contribution in [3.8, 4) is 0 Å². The van der Waals surface area contributed by atoms with Crippen molar-refractivity contribution in [3.05, 3.63) is 81.7 Å². The number of urea groups is 1. The fourth-order valence-electron chi connectivity index (χ4n) is 4.08. The molecule has 0 bridgehead atoms. The SMILES string of the molecule is CC(C)(C)OC(=O)CN(c1ccc2c(c1)CCN2C(=O)Nc1ccc[n+]([O-])c1)S(=O)(=O)c1cc(Cl)cc(Cl)c1. The van der Waals surface area contributed by atoms with Gasteiger partial charge in [-0.05, 0) is 75.2 Å². The lowest BCUT2D eigenvalue weighted by Gasteiger charge is -2.27. The highest BCUT2D eigenvalue weighted by molar-refractivity contribution is 7.92. The summed E-state index contributed by atoms with van der Waals surface area (Å²) in [6.07, 6.45) is 2.98. The summed E-state index contributed by atoms with van der Waals surface area (Å²) >= 11 is 12.1. The first-order valence-electron chi connectivity index (χ1n) is 11.8. The van der Waals surface area contributed by atoms with Gasteiger partial charge >= 0.3 is 12.0 Å². The minimum Gasteiger partial charge on any atom is -0.619 e. The van der Waals surface area contributed by atoms with Gasteiger partial charge in [-0.25, -0.2) is 13.2 Å². The molecule has 39 heavy (non-hydrogen) atoms. The highest BCUT2D eigenvalue weighted by atomic mass is 35.5. The number of nitrogens with one attached hydrogen (secondary N) is 1. The second-order valence-corrected chi connectivity index (χ2v) is 12.5. The molecule has 2 heterocycles. The predicted molar refractivity (Wildman–Crippen MR) is 149 cm³/mol. The van der Waals surface area contributed by atoms with E-state index >= 15 is 0 Å². The molecule has 1 N–H and O–H groups in total. The smallest absolute Gasteiger partial charge is 0.327 e. The van der Waals surface area contributed by atoms with E-state index in [1.807, 2.05) is 0 Å². The molecule has 13 heteroatoms. The fraction of sp³-hybridized carbons (Fsp3) is 0.269. The van der Waals surface area contributed by atoms with Crippen LogP contribution in [0.25, 0.3) is 0 Å². The van der Waals surface area contributed by atoms with E-state index in [0.29, 0.717) is 34.6 Å². The van der Waals surface area contributed by atoms with Crippen LogP contribution in [0.15, 0.2) is 65.8 Å². The maximum absolute atomic E-state index is 13.7. The van der Waals surface area contributed by atoms with Crippen molar-refractivity contribution in [1.29, 1.82) is 0 Å². The fourth-order valence-corrected chi connectivity index (χ4v) is 6.21. The zero-order valence-electron chi connectivity index (χ0n) is 21.4. The molecule has 4 rings (SSSR count). The molecule has 1 aliphatic rings. The van der Waals surface area contributed by atoms with Gasteiger partial charge in [0.25, 0.3) is 10.0 Å². The molecular formula is C26H26Cl2N4O6S. The molecule has 0 spiro atoms. The number of hydrogen-bond donors (Lipinski definition) is 1. The monoisotopic (exact) mass is 592 g/mol. The van der Waals surface area contributed by atoms with Crippen molar-refractivity contribution in [1.82, 2.24) is 0 Å². The third-order valence-electron chi connectivity index (χ3n) is 5.63. The van der Waals surface area contributed by atoms with Gasteiger partial charge in [0.1, 0.15) is 17.8 Å². The highest BCUT2D eigenvalue weighted by Crippen LogP contribution is 2.35. The van der Waals surface area contributed by atoms with Gasteiger partial charge < -0.3 is 15.3 Å². The maximum atomic E-state index is 13.7. The Kier molecular flexibility index (Phi) is 7.97. The molecular weight excluding hydrogens is 567 g/mol. The van der Waals surface area contributed by atoms with Gasteiger partial charge in [-0.1, -0.05) is 23.2 Å². The van der Waals surface area contributed by atoms with Crippen molar-refractivity contribution in [2.24, 2.45) is 0 Å². The van der Waals surface area contributed by atoms with Crippen LogP contribution in [-0.2, 0) is 26.0 Å². The second kappa shape index (κ2) is 10.9. The summed E-state index contributed by atoms with van der Waals surface area (Å²) in [5, 5.41) is 14.4. The number of aromatic nitrogens is 1. The standard InChI is InChI=1S/C26H26Cl2N4O6S/c1-26(2,3)38-24(33)16-32(39(36,37)22-13-18(27)12-19(28)14-22)21-6-7-23-17(11-21)8-10-31(23)25(34)29-20-5-4-9-30(35)15-20/h4-7,9,11-15H,8,10,16H2,1-3H3,(H,29,34). The molecule has 0 fully saturated rings. The Hall–Kier alpha value is -3.54. The van der Waals surface area contributed by atoms with Crippen molar-refractivity contribution in [2.75, 3.05) is 27.6 Å². The van der Waals surface area contributed by atoms with Crippen LogP contribution in [0, 0.1) is 5.21 Å². The van der Waals surface area contributed by atoms with Gasteiger partial charge in [-0.3, -0.25) is 14.0 Å². The van der Waals surface area contributed by atoms with Crippen LogP contribution in [0.2, 0.25) is 10.0 Å². The number of hydrogen-bond acceptors (Lipinski definition) is 6. The Morgan fingerprint density at radius 3 is 2.46 bits per heavy atom. The number of amides is 2. The lowest BCUT2D eigenvalue weighted by Crippen LogP contribution is -2.39. The number of esters is 1. The number of nitrogens with zero attached hydrogens (tertiary/aromatic N) is 3. The Labute approximate surface area is 236 Å². The number of pyridine rings is 1. The van der Waals surface area contributed by atoms with Crippen LogP contribution in [0.4, 0.5) is 21.9 Å². The molecule has 0 saturated heterocycles. The number of sulfonamides is 1. The molecule has 0 unspecified atom stereocenters. The summed E-state index contributed by atoms with van der Waals surface area (Å²) in [5.74, 6) is -0.751. The Morgan fingerprint density at radius 2 is 1.82 bits per heavy atom. The van der Waals surface area contributed by atoms with Crippen molar-refractivity contribution in [3.63, 3.8) is 0 Å². The third kappa shape index (κ3) is 6.73. The number of rotatable bonds is 6. The van der Waals surface area contributed by atoms with Gasteiger partial charge in [-0.15, -0.1) is 0 Å². The molecule has 0 atom stereocenters. The molecule has 0 saturated carbocycles. The van der Waals surface area contributed by atoms with Gasteiger partial charge in [0, 0.05) is 28.3 Å². The number of benzene rings is 2. The topological polar surface area (TPSA) is 123 Å². The van der Waals surface area contributed by atoms with E-state index < -0.39 is 34.2 Å². The van der Waals surface area contributed by atoms with E-state index in [4.69, 9.17) is 27.9 Å². The zero-order chi connectivity index (χ0) is 28.5. The second-order valence-electron chi connectivity index (χ2n) is 9.80. The number of carbonyl (C=O) groups excluding carboxylic acids is 2. The summed E-state index contributed by atoms with van der Waals surface area (Å²) in [5.41, 5.74) is 0.971. The van der Waals surface area contributed by atoms with Gasteiger partial charge in [-0.2, -0.15) is 4.73 Å². The van der Waals surface area contributed by atoms with Crippen LogP contribution in [0.5, 0.6) is 0 Å². The van der Waals surface area contributed by atoms with Crippen molar-refractivity contribution >= 4 is 62.3 Å². The number of fused-ring (bicyclic) bond motifs is 1. The molecule has 0 aliphatic carbocycles. The number of carbonyl (C=O) groups is 2. The molecule has 3 aromatic rings. The maximum Gasteiger partial charge on any atom is 0.327 e. The van der Waals surface area contributed by atoms with E-state index in [0.717, 1.165) is 4.31 Å². The van der Waals surface area contributed by atoms with Crippen LogP contribution < -0.4 is 19.3 Å². The van der Waals surface area contributed by atoms with Crippen LogP contribution in [-0.4, -0.2) is 39.1 Å². The van der Waals surface area contributed by atoms with Crippen LogP contribution in [0.3, 0.4) is 0 Å². The molecule has 206 valence electrons. The van der Waals surface area contributed by atoms with E-state index in [9.17, 15) is 23.2 Å². The molecule has 0 radical (unpaired) electrons. The average Bonchev–Trinajstić information content (AvgIpc) is 3.24. The summed E-state index contributed by atoms with van der Waals surface area (Å²) < 4.78 is 34.4. The lowest BCUT2D eigenvalue weighted by molar-refractivity contribution is -0.604. The number of anilines is 3. The van der Waals surface area contributed by atoms with Crippen LogP contribution in [0.1, 0.15) is 26.3 Å². The van der Waals surface area contributed by atoms with Crippen LogP contribution >= 0.6 is 23.2 Å². The molecule has 10 nitrogen and oxygen atoms in total. The zero-order valence-corrected chi connectivity index (χ0v) is 23.7. The third-order valence-corrected chi connectivity index (χ3v) is 7.82. The summed E-state index contributed by atoms with van der Waals surface area (Å²) in [6.45, 7) is 4.78. The Morgan fingerprint density at radius 1 is 1.13 bits per heavy atom. The molecule has 1 aromatic heterocycles. The number of ether oxygens (including phenoxy) is 1.